The second-order valence-corrected chi connectivity index (χ2v) is 15.0. The molecule has 2 saturated carbocycles. The van der Waals surface area contributed by atoms with Crippen molar-refractivity contribution in [2.75, 3.05) is 20.8 Å². The molecule has 1 aromatic carbocycles. The van der Waals surface area contributed by atoms with Crippen molar-refractivity contribution in [3.8, 4) is 0 Å². The number of fused-ring (bicyclic) bond motifs is 5. The van der Waals surface area contributed by atoms with E-state index in [0.29, 0.717) is 5.57 Å². The first-order valence-electron chi connectivity index (χ1n) is 17.0. The second kappa shape index (κ2) is 13.8. The minimum atomic E-state index is -2.21. The number of hydrogen-bond acceptors (Lipinski definition) is 14. The molecule has 282 valence electrons. The Hall–Kier alpha value is -3.44. The first-order valence-corrected chi connectivity index (χ1v) is 17.0. The Morgan fingerprint density at radius 2 is 1.75 bits per heavy atom. The summed E-state index contributed by atoms with van der Waals surface area (Å²) >= 11 is 0. The van der Waals surface area contributed by atoms with Crippen molar-refractivity contribution in [1.29, 1.82) is 0 Å². The summed E-state index contributed by atoms with van der Waals surface area (Å²) in [4.78, 5) is 59.0. The lowest BCUT2D eigenvalue weighted by atomic mass is 9.44. The van der Waals surface area contributed by atoms with E-state index in [2.05, 4.69) is 10.1 Å². The number of nitrogens with one attached hydrogen (secondary N) is 1. The highest BCUT2D eigenvalue weighted by molar-refractivity contribution is 5.94. The predicted molar refractivity (Wildman–Crippen MR) is 176 cm³/mol. The fourth-order valence-corrected chi connectivity index (χ4v) is 9.26. The topological polar surface area (TPSA) is 217 Å². The molecule has 15 nitrogen and oxygen atoms in total. The number of rotatable bonds is 9. The van der Waals surface area contributed by atoms with Crippen LogP contribution in [0.5, 0.6) is 0 Å². The lowest BCUT2D eigenvalue weighted by molar-refractivity contribution is -0.348. The van der Waals surface area contributed by atoms with E-state index >= 15 is 4.79 Å². The largest absolute Gasteiger partial charge is 0.455 e. The van der Waals surface area contributed by atoms with Crippen molar-refractivity contribution in [2.24, 2.45) is 22.7 Å². The molecule has 1 heterocycles. The summed E-state index contributed by atoms with van der Waals surface area (Å²) in [5.74, 6) is -4.72. The van der Waals surface area contributed by atoms with Crippen LogP contribution in [0.15, 0.2) is 41.5 Å². The molecule has 4 aliphatic rings. The molecular weight excluding hydrogens is 670 g/mol. The van der Waals surface area contributed by atoms with Gasteiger partial charge in [-0.05, 0) is 44.9 Å². The van der Waals surface area contributed by atoms with Crippen LogP contribution in [0.25, 0.3) is 0 Å². The van der Waals surface area contributed by atoms with E-state index in [-0.39, 0.29) is 30.6 Å². The van der Waals surface area contributed by atoms with Crippen molar-refractivity contribution in [3.05, 3.63) is 47.0 Å². The number of aliphatic hydroxyl groups is 3. The van der Waals surface area contributed by atoms with Crippen LogP contribution in [0.1, 0.15) is 64.7 Å². The molecule has 1 amide bonds. The Morgan fingerprint density at radius 1 is 1.10 bits per heavy atom. The number of carbonyl (C=O) groups excluding carboxylic acids is 4. The lowest BCUT2D eigenvalue weighted by Gasteiger charge is -2.67. The Morgan fingerprint density at radius 3 is 2.27 bits per heavy atom. The molecule has 5 rings (SSSR count). The minimum Gasteiger partial charge on any atom is -0.455 e. The number of methoxy groups -OCH3 is 2. The van der Waals surface area contributed by atoms with E-state index in [0.717, 1.165) is 7.11 Å². The summed E-state index contributed by atoms with van der Waals surface area (Å²) in [6, 6.07) is 6.93. The highest BCUT2D eigenvalue weighted by Crippen LogP contribution is 2.65. The van der Waals surface area contributed by atoms with E-state index in [1.807, 2.05) is 0 Å². The Balaban J connectivity index is 1.81. The summed E-state index contributed by atoms with van der Waals surface area (Å²) in [6.07, 6.45) is -9.93. The third-order valence-corrected chi connectivity index (χ3v) is 12.1. The summed E-state index contributed by atoms with van der Waals surface area (Å²) < 4.78 is 28.8. The first kappa shape index (κ1) is 38.8. The molecule has 1 aromatic rings. The van der Waals surface area contributed by atoms with Gasteiger partial charge in [0.25, 0.3) is 0 Å². The predicted octanol–water partition coefficient (Wildman–Crippen LogP) is 1.95. The number of Topliss-reactive ketones (excluding diaryl/α,β-unsaturated/α-hetero) is 1. The Labute approximate surface area is 296 Å². The van der Waals surface area contributed by atoms with E-state index < -0.39 is 100 Å². The molecule has 10 unspecified atom stereocenters. The molecule has 3 aliphatic carbocycles. The average Bonchev–Trinajstić information content (AvgIpc) is 3.08. The lowest BCUT2D eigenvalue weighted by Crippen LogP contribution is -2.81. The zero-order valence-electron chi connectivity index (χ0n) is 30.1. The maximum Gasteiger partial charge on any atom is 0.407 e. The van der Waals surface area contributed by atoms with Gasteiger partial charge >= 0.3 is 18.0 Å². The van der Waals surface area contributed by atoms with Crippen molar-refractivity contribution in [1.82, 2.24) is 5.32 Å². The SMILES string of the molecule is COC(=O)NC(C)C(O)[C@@H](OO)C1CC2(O)C(OC(=O)c3ccccc3)C3C4(OC(C)=O)COC4CC(O)[C@@]3(C)C(=O)C(OC)C(=C1C)C2(C)C. The van der Waals surface area contributed by atoms with Gasteiger partial charge in [-0.15, -0.1) is 0 Å². The molecule has 0 spiro atoms. The van der Waals surface area contributed by atoms with Gasteiger partial charge in [-0.3, -0.25) is 14.8 Å². The number of benzene rings is 1. The van der Waals surface area contributed by atoms with Crippen LogP contribution >= 0.6 is 0 Å². The van der Waals surface area contributed by atoms with Crippen LogP contribution in [0.2, 0.25) is 0 Å². The van der Waals surface area contributed by atoms with Crippen molar-refractivity contribution in [3.63, 3.8) is 0 Å². The number of ketones is 1. The molecule has 3 fully saturated rings. The third kappa shape index (κ3) is 5.86. The Kier molecular flexibility index (Phi) is 10.5. The highest BCUT2D eigenvalue weighted by Gasteiger charge is 2.78. The van der Waals surface area contributed by atoms with Gasteiger partial charge in [0.1, 0.15) is 36.1 Å². The highest BCUT2D eigenvalue weighted by atomic mass is 17.1. The van der Waals surface area contributed by atoms with Gasteiger partial charge in [0, 0.05) is 31.8 Å². The fourth-order valence-electron chi connectivity index (χ4n) is 9.26. The van der Waals surface area contributed by atoms with Gasteiger partial charge in [0.2, 0.25) is 0 Å². The third-order valence-electron chi connectivity index (χ3n) is 12.1. The maximum atomic E-state index is 15.2. The van der Waals surface area contributed by atoms with E-state index in [1.165, 1.54) is 40.0 Å². The summed E-state index contributed by atoms with van der Waals surface area (Å²) in [5.41, 5.74) is -6.39. The van der Waals surface area contributed by atoms with Gasteiger partial charge in [-0.2, -0.15) is 0 Å². The number of esters is 2. The molecule has 15 heteroatoms. The number of amides is 1. The molecule has 12 atom stereocenters. The number of ether oxygens (including phenoxy) is 5. The maximum absolute atomic E-state index is 15.2. The van der Waals surface area contributed by atoms with Crippen molar-refractivity contribution < 1.29 is 68.3 Å². The Bertz CT molecular complexity index is 1560. The van der Waals surface area contributed by atoms with Crippen LogP contribution in [-0.2, 0) is 38.2 Å². The molecular formula is C36H49NO14. The van der Waals surface area contributed by atoms with Crippen molar-refractivity contribution >= 4 is 23.8 Å². The normalized spacial score (nSPS) is 37.2. The second-order valence-electron chi connectivity index (χ2n) is 15.0. The van der Waals surface area contributed by atoms with Crippen LogP contribution in [0, 0.1) is 22.7 Å². The van der Waals surface area contributed by atoms with Gasteiger partial charge < -0.3 is 44.3 Å². The quantitative estimate of drug-likeness (QED) is 0.0811. The van der Waals surface area contributed by atoms with Crippen LogP contribution in [-0.4, -0.2) is 119 Å². The van der Waals surface area contributed by atoms with E-state index in [4.69, 9.17) is 23.8 Å². The number of hydrogen-bond donors (Lipinski definition) is 5. The first-order chi connectivity index (χ1) is 23.9. The van der Waals surface area contributed by atoms with Gasteiger partial charge in [0.05, 0.1) is 42.8 Å². The summed E-state index contributed by atoms with van der Waals surface area (Å²) in [5, 5.41) is 49.6. The molecule has 1 aliphatic heterocycles. The molecule has 0 aromatic heterocycles. The molecule has 51 heavy (non-hydrogen) atoms. The van der Waals surface area contributed by atoms with Crippen LogP contribution in [0.3, 0.4) is 0 Å². The number of aliphatic hydroxyl groups excluding tert-OH is 2. The zero-order valence-corrected chi connectivity index (χ0v) is 30.1. The van der Waals surface area contributed by atoms with E-state index in [1.54, 1.807) is 39.0 Å². The smallest absolute Gasteiger partial charge is 0.407 e. The molecule has 5 N–H and O–H groups in total. The zero-order chi connectivity index (χ0) is 37.8. The average molecular weight is 720 g/mol. The fraction of sp³-hybridized carbons (Fsp3) is 0.667. The van der Waals surface area contributed by atoms with E-state index in [9.17, 15) is 35.0 Å². The van der Waals surface area contributed by atoms with Crippen LogP contribution in [0.4, 0.5) is 4.79 Å². The minimum absolute atomic E-state index is 0.109. The molecule has 1 saturated heterocycles. The molecule has 0 radical (unpaired) electrons. The summed E-state index contributed by atoms with van der Waals surface area (Å²) in [7, 11) is 2.45. The van der Waals surface area contributed by atoms with Crippen LogP contribution < -0.4 is 5.32 Å². The van der Waals surface area contributed by atoms with Gasteiger partial charge in [-0.25, -0.2) is 14.5 Å². The standard InChI is InChI=1S/C36H49NO14/c1-17-21(26(51-45)25(40)18(2)37-32(43)47-8)15-36(44)30(49-31(42)20-12-10-9-11-13-20)28-34(6,29(41)27(46-7)24(17)33(36,4)5)22(39)14-23-35(28,16-48-23)50-19(3)38/h9-13,18,21-23,25-28,30,39-40,44-45H,14-16H2,1-8H3,(H,37,43)/t18?,21?,22?,23?,25?,26-,27?,28?,30?,34+,35?,36?/m0/s1. The monoisotopic (exact) mass is 719 g/mol. The molecule has 2 bridgehead atoms. The van der Waals surface area contributed by atoms with Crippen molar-refractivity contribution in [2.45, 2.75) is 108 Å². The van der Waals surface area contributed by atoms with Gasteiger partial charge in [-0.1, -0.05) is 37.6 Å². The number of alkyl carbamates (subject to hydrolysis) is 1. The number of carbonyl (C=O) groups is 4. The summed E-state index contributed by atoms with van der Waals surface area (Å²) in [6.45, 7) is 8.88. The van der Waals surface area contributed by atoms with Gasteiger partial charge in [0.15, 0.2) is 11.4 Å².